The van der Waals surface area contributed by atoms with Gasteiger partial charge in [0, 0.05) is 6.42 Å². The summed E-state index contributed by atoms with van der Waals surface area (Å²) in [6, 6.07) is 3.74. The molecule has 4 nitrogen and oxygen atoms in total. The van der Waals surface area contributed by atoms with Crippen LogP contribution in [0.25, 0.3) is 0 Å². The average Bonchev–Trinajstić information content (AvgIpc) is 2.43. The van der Waals surface area contributed by atoms with Gasteiger partial charge in [0.05, 0.1) is 7.11 Å². The lowest BCUT2D eigenvalue weighted by Gasteiger charge is -2.35. The van der Waals surface area contributed by atoms with Crippen molar-refractivity contribution in [1.82, 2.24) is 0 Å². The Hall–Kier alpha value is -1.69. The van der Waals surface area contributed by atoms with E-state index < -0.39 is 29.2 Å². The van der Waals surface area contributed by atoms with Crippen LogP contribution in [-0.2, 0) is 9.53 Å². The summed E-state index contributed by atoms with van der Waals surface area (Å²) in [5.41, 5.74) is 4.88. The zero-order valence-electron chi connectivity index (χ0n) is 11.2. The molecule has 2 N–H and O–H groups in total. The Bertz CT molecular complexity index is 509. The molecule has 1 aliphatic rings. The van der Waals surface area contributed by atoms with E-state index in [0.29, 0.717) is 19.3 Å². The monoisotopic (exact) mass is 285 g/mol. The second-order valence-corrected chi connectivity index (χ2v) is 5.04. The fraction of sp³-hybridized carbons (Fsp3) is 0.500. The molecule has 0 aliphatic heterocycles. The highest BCUT2D eigenvalue weighted by Gasteiger charge is 2.41. The zero-order valence-corrected chi connectivity index (χ0v) is 11.2. The van der Waals surface area contributed by atoms with E-state index in [4.69, 9.17) is 10.5 Å². The summed E-state index contributed by atoms with van der Waals surface area (Å²) in [4.78, 5) is 11.7. The zero-order chi connectivity index (χ0) is 14.8. The van der Waals surface area contributed by atoms with E-state index in [-0.39, 0.29) is 12.2 Å². The van der Waals surface area contributed by atoms with Gasteiger partial charge >= 0.3 is 5.97 Å². The predicted octanol–water partition coefficient (Wildman–Crippen LogP) is 2.16. The molecule has 6 heteroatoms. The molecule has 110 valence electrons. The number of benzene rings is 1. The normalized spacial score (nSPS) is 26.1. The van der Waals surface area contributed by atoms with E-state index in [0.717, 1.165) is 6.07 Å². The summed E-state index contributed by atoms with van der Waals surface area (Å²) >= 11 is 0. The number of halogens is 2. The summed E-state index contributed by atoms with van der Waals surface area (Å²) < 4.78 is 36.8. The van der Waals surface area contributed by atoms with Gasteiger partial charge < -0.3 is 15.2 Å². The summed E-state index contributed by atoms with van der Waals surface area (Å²) in [6.45, 7) is 0. The molecule has 2 rings (SSSR count). The minimum atomic E-state index is -1.12. The smallest absolute Gasteiger partial charge is 0.325 e. The van der Waals surface area contributed by atoms with Gasteiger partial charge in [-0.2, -0.15) is 4.39 Å². The van der Waals surface area contributed by atoms with Crippen LogP contribution in [-0.4, -0.2) is 24.7 Å². The third-order valence-corrected chi connectivity index (χ3v) is 3.54. The molecule has 1 saturated carbocycles. The van der Waals surface area contributed by atoms with E-state index >= 15 is 0 Å². The summed E-state index contributed by atoms with van der Waals surface area (Å²) in [7, 11) is 1.27. The first-order valence-corrected chi connectivity index (χ1v) is 6.44. The maximum atomic E-state index is 13.6. The Balaban J connectivity index is 2.10. The molecule has 0 spiro atoms. The first kappa shape index (κ1) is 14.7. The van der Waals surface area contributed by atoms with Crippen LogP contribution in [0.4, 0.5) is 8.78 Å². The van der Waals surface area contributed by atoms with Crippen LogP contribution in [0.15, 0.2) is 18.2 Å². The summed E-state index contributed by atoms with van der Waals surface area (Å²) in [5.74, 6) is -2.67. The molecule has 1 aliphatic carbocycles. The van der Waals surface area contributed by atoms with E-state index in [1.54, 1.807) is 0 Å². The lowest BCUT2D eigenvalue weighted by atomic mass is 9.81. The van der Waals surface area contributed by atoms with E-state index in [1.165, 1.54) is 19.2 Å². The van der Waals surface area contributed by atoms with E-state index in [9.17, 15) is 13.6 Å². The third kappa shape index (κ3) is 2.90. The van der Waals surface area contributed by atoms with Crippen molar-refractivity contribution < 1.29 is 23.0 Å². The Labute approximate surface area is 115 Å². The Morgan fingerprint density at radius 3 is 2.90 bits per heavy atom. The molecule has 1 aromatic rings. The van der Waals surface area contributed by atoms with Crippen molar-refractivity contribution in [2.24, 2.45) is 5.73 Å². The van der Waals surface area contributed by atoms with Gasteiger partial charge in [-0.3, -0.25) is 4.79 Å². The molecule has 0 amide bonds. The van der Waals surface area contributed by atoms with Crippen LogP contribution in [0.5, 0.6) is 5.75 Å². The van der Waals surface area contributed by atoms with Crippen molar-refractivity contribution >= 4 is 5.97 Å². The fourth-order valence-corrected chi connectivity index (χ4v) is 2.50. The molecule has 1 fully saturated rings. The molecule has 1 aromatic carbocycles. The highest BCUT2D eigenvalue weighted by molar-refractivity contribution is 5.80. The quantitative estimate of drug-likeness (QED) is 0.864. The van der Waals surface area contributed by atoms with Gasteiger partial charge in [-0.05, 0) is 31.4 Å². The van der Waals surface area contributed by atoms with Crippen LogP contribution in [0.2, 0.25) is 0 Å². The van der Waals surface area contributed by atoms with E-state index in [2.05, 4.69) is 4.74 Å². The van der Waals surface area contributed by atoms with Gasteiger partial charge in [0.25, 0.3) is 0 Å². The second-order valence-electron chi connectivity index (χ2n) is 5.04. The standard InChI is InChI=1S/C14H17F2NO3/c1-19-13(18)14(17)7-3-4-9(8-14)20-11-6-2-5-10(15)12(11)16/h2,5-6,9H,3-4,7-8,17H2,1H3. The number of ether oxygens (including phenoxy) is 2. The molecule has 0 aromatic heterocycles. The molecular formula is C14H17F2NO3. The molecule has 0 bridgehead atoms. The highest BCUT2D eigenvalue weighted by Crippen LogP contribution is 2.31. The van der Waals surface area contributed by atoms with Crippen LogP contribution in [0.3, 0.4) is 0 Å². The first-order chi connectivity index (χ1) is 9.46. The maximum Gasteiger partial charge on any atom is 0.325 e. The van der Waals surface area contributed by atoms with Gasteiger partial charge in [0.15, 0.2) is 11.6 Å². The number of esters is 1. The molecule has 0 heterocycles. The molecule has 0 saturated heterocycles. The number of carbonyl (C=O) groups excluding carboxylic acids is 1. The van der Waals surface area contributed by atoms with Gasteiger partial charge in [-0.25, -0.2) is 4.39 Å². The fourth-order valence-electron chi connectivity index (χ4n) is 2.50. The molecular weight excluding hydrogens is 268 g/mol. The molecule has 2 atom stereocenters. The van der Waals surface area contributed by atoms with Crippen LogP contribution < -0.4 is 10.5 Å². The predicted molar refractivity (Wildman–Crippen MR) is 68.2 cm³/mol. The maximum absolute atomic E-state index is 13.6. The van der Waals surface area contributed by atoms with Crippen LogP contribution >= 0.6 is 0 Å². The SMILES string of the molecule is COC(=O)C1(N)CCCC(Oc2cccc(F)c2F)C1. The summed E-state index contributed by atoms with van der Waals surface area (Å²) in [6.07, 6.45) is 1.56. The lowest BCUT2D eigenvalue weighted by molar-refractivity contribution is -0.149. The number of hydrogen-bond acceptors (Lipinski definition) is 4. The average molecular weight is 285 g/mol. The lowest BCUT2D eigenvalue weighted by Crippen LogP contribution is -2.54. The van der Waals surface area contributed by atoms with Gasteiger partial charge in [-0.1, -0.05) is 6.07 Å². The van der Waals surface area contributed by atoms with Crippen LogP contribution in [0, 0.1) is 11.6 Å². The van der Waals surface area contributed by atoms with Crippen molar-refractivity contribution in [3.8, 4) is 5.75 Å². The molecule has 2 unspecified atom stereocenters. The Kier molecular flexibility index (Phi) is 4.23. The van der Waals surface area contributed by atoms with Crippen molar-refractivity contribution in [2.45, 2.75) is 37.3 Å². The highest BCUT2D eigenvalue weighted by atomic mass is 19.2. The van der Waals surface area contributed by atoms with Gasteiger partial charge in [0.1, 0.15) is 11.6 Å². The van der Waals surface area contributed by atoms with E-state index in [1.807, 2.05) is 0 Å². The Morgan fingerprint density at radius 1 is 1.45 bits per heavy atom. The molecule has 20 heavy (non-hydrogen) atoms. The first-order valence-electron chi connectivity index (χ1n) is 6.44. The van der Waals surface area contributed by atoms with Crippen molar-refractivity contribution in [1.29, 1.82) is 0 Å². The molecule has 0 radical (unpaired) electrons. The minimum Gasteiger partial charge on any atom is -0.487 e. The van der Waals surface area contributed by atoms with Gasteiger partial charge in [0.2, 0.25) is 5.82 Å². The largest absolute Gasteiger partial charge is 0.487 e. The number of carbonyl (C=O) groups is 1. The second kappa shape index (κ2) is 5.75. The number of nitrogens with two attached hydrogens (primary N) is 1. The Morgan fingerprint density at radius 2 is 2.20 bits per heavy atom. The number of methoxy groups -OCH3 is 1. The topological polar surface area (TPSA) is 61.5 Å². The summed E-state index contributed by atoms with van der Waals surface area (Å²) in [5, 5.41) is 0. The van der Waals surface area contributed by atoms with Gasteiger partial charge in [-0.15, -0.1) is 0 Å². The van der Waals surface area contributed by atoms with Crippen molar-refractivity contribution in [2.75, 3.05) is 7.11 Å². The van der Waals surface area contributed by atoms with Crippen molar-refractivity contribution in [3.63, 3.8) is 0 Å². The van der Waals surface area contributed by atoms with Crippen LogP contribution in [0.1, 0.15) is 25.7 Å². The third-order valence-electron chi connectivity index (χ3n) is 3.54. The minimum absolute atomic E-state index is 0.163. The number of hydrogen-bond donors (Lipinski definition) is 1. The number of rotatable bonds is 3. The van der Waals surface area contributed by atoms with Crippen molar-refractivity contribution in [3.05, 3.63) is 29.8 Å².